The molecule has 0 radical (unpaired) electrons. The van der Waals surface area contributed by atoms with Crippen molar-refractivity contribution < 1.29 is 15.3 Å². The Morgan fingerprint density at radius 2 is 1.97 bits per heavy atom. The first-order chi connectivity index (χ1) is 14.1. The van der Waals surface area contributed by atoms with Crippen molar-refractivity contribution in [1.29, 1.82) is 0 Å². The fourth-order valence-electron chi connectivity index (χ4n) is 5.65. The lowest BCUT2D eigenvalue weighted by Gasteiger charge is -2.42. The lowest BCUT2D eigenvalue weighted by atomic mass is 9.62. The van der Waals surface area contributed by atoms with E-state index in [9.17, 15) is 15.3 Å². The SMILES string of the molecule is C=C[C@H](CC#CC(C)(C)O)C1=CCC2/C(=C/C=C3C[C@@H](O)C[C@H](O)C3)CCC[C@]12C. The highest BCUT2D eigenvalue weighted by Gasteiger charge is 2.46. The minimum Gasteiger partial charge on any atom is -0.393 e. The van der Waals surface area contributed by atoms with Gasteiger partial charge in [0, 0.05) is 12.3 Å². The maximum atomic E-state index is 9.96. The topological polar surface area (TPSA) is 60.7 Å². The van der Waals surface area contributed by atoms with Crippen LogP contribution >= 0.6 is 0 Å². The molecule has 0 spiro atoms. The van der Waals surface area contributed by atoms with Crippen LogP contribution in [0.4, 0.5) is 0 Å². The molecule has 0 aliphatic heterocycles. The van der Waals surface area contributed by atoms with E-state index in [1.165, 1.54) is 24.0 Å². The molecule has 5 atom stereocenters. The van der Waals surface area contributed by atoms with Crippen molar-refractivity contribution in [1.82, 2.24) is 0 Å². The van der Waals surface area contributed by atoms with Gasteiger partial charge in [0.1, 0.15) is 5.60 Å². The smallest absolute Gasteiger partial charge is 0.119 e. The first-order valence-electron chi connectivity index (χ1n) is 11.4. The van der Waals surface area contributed by atoms with Gasteiger partial charge in [-0.3, -0.25) is 0 Å². The molecular formula is C27H38O3. The highest BCUT2D eigenvalue weighted by Crippen LogP contribution is 2.57. The summed E-state index contributed by atoms with van der Waals surface area (Å²) in [6.07, 6.45) is 15.1. The average Bonchev–Trinajstić information content (AvgIpc) is 2.99. The van der Waals surface area contributed by atoms with E-state index in [0.717, 1.165) is 18.4 Å². The molecule has 3 N–H and O–H groups in total. The Kier molecular flexibility index (Phi) is 7.13. The predicted molar refractivity (Wildman–Crippen MR) is 123 cm³/mol. The molecule has 30 heavy (non-hydrogen) atoms. The predicted octanol–water partition coefficient (Wildman–Crippen LogP) is 4.85. The number of aliphatic hydroxyl groups excluding tert-OH is 2. The quantitative estimate of drug-likeness (QED) is 0.459. The lowest BCUT2D eigenvalue weighted by Crippen LogP contribution is -2.32. The van der Waals surface area contributed by atoms with Crippen molar-refractivity contribution in [3.63, 3.8) is 0 Å². The van der Waals surface area contributed by atoms with E-state index in [4.69, 9.17) is 0 Å². The second-order valence-corrected chi connectivity index (χ2v) is 10.1. The molecule has 3 nitrogen and oxygen atoms in total. The lowest BCUT2D eigenvalue weighted by molar-refractivity contribution is 0.0609. The number of hydrogen-bond donors (Lipinski definition) is 3. The van der Waals surface area contributed by atoms with Crippen LogP contribution in [0.5, 0.6) is 0 Å². The molecule has 3 heteroatoms. The average molecular weight is 411 g/mol. The summed E-state index contributed by atoms with van der Waals surface area (Å²) in [6, 6.07) is 0. The van der Waals surface area contributed by atoms with Crippen molar-refractivity contribution in [3.8, 4) is 11.8 Å². The summed E-state index contributed by atoms with van der Waals surface area (Å²) in [5.41, 5.74) is 3.26. The molecule has 1 unspecified atom stereocenters. The fourth-order valence-corrected chi connectivity index (χ4v) is 5.65. The first-order valence-corrected chi connectivity index (χ1v) is 11.4. The van der Waals surface area contributed by atoms with Gasteiger partial charge in [-0.05, 0) is 70.1 Å². The minimum absolute atomic E-state index is 0.128. The van der Waals surface area contributed by atoms with Crippen LogP contribution in [0.15, 0.2) is 47.6 Å². The summed E-state index contributed by atoms with van der Waals surface area (Å²) in [5, 5.41) is 29.8. The number of allylic oxidation sites excluding steroid dienone is 6. The molecule has 0 aromatic carbocycles. The van der Waals surface area contributed by atoms with Gasteiger partial charge < -0.3 is 15.3 Å². The highest BCUT2D eigenvalue weighted by atomic mass is 16.3. The van der Waals surface area contributed by atoms with E-state index < -0.39 is 17.8 Å². The van der Waals surface area contributed by atoms with E-state index in [2.05, 4.69) is 43.6 Å². The Morgan fingerprint density at radius 3 is 2.60 bits per heavy atom. The Labute approximate surface area is 182 Å². The number of fused-ring (bicyclic) bond motifs is 1. The largest absolute Gasteiger partial charge is 0.393 e. The van der Waals surface area contributed by atoms with Gasteiger partial charge in [0.25, 0.3) is 0 Å². The number of aliphatic hydroxyl groups is 3. The zero-order valence-corrected chi connectivity index (χ0v) is 18.8. The Morgan fingerprint density at radius 1 is 1.27 bits per heavy atom. The second-order valence-electron chi connectivity index (χ2n) is 10.1. The van der Waals surface area contributed by atoms with Gasteiger partial charge in [-0.15, -0.1) is 6.58 Å². The maximum Gasteiger partial charge on any atom is 0.119 e. The number of hydrogen-bond acceptors (Lipinski definition) is 3. The van der Waals surface area contributed by atoms with E-state index >= 15 is 0 Å². The van der Waals surface area contributed by atoms with Crippen LogP contribution in [0, 0.1) is 29.1 Å². The van der Waals surface area contributed by atoms with Crippen LogP contribution < -0.4 is 0 Å². The first kappa shape index (κ1) is 23.1. The van der Waals surface area contributed by atoms with Gasteiger partial charge in [0.15, 0.2) is 0 Å². The summed E-state index contributed by atoms with van der Waals surface area (Å²) in [5.74, 6) is 6.83. The molecule has 164 valence electrons. The molecule has 3 aliphatic rings. The Bertz CT molecular complexity index is 786. The third-order valence-corrected chi connectivity index (χ3v) is 7.08. The normalized spacial score (nSPS) is 33.9. The van der Waals surface area contributed by atoms with Gasteiger partial charge in [0.05, 0.1) is 12.2 Å². The van der Waals surface area contributed by atoms with Crippen LogP contribution in [0.3, 0.4) is 0 Å². The van der Waals surface area contributed by atoms with Gasteiger partial charge in [-0.1, -0.05) is 59.8 Å². The van der Waals surface area contributed by atoms with Crippen LogP contribution in [-0.4, -0.2) is 33.1 Å². The maximum absolute atomic E-state index is 9.96. The third kappa shape index (κ3) is 5.35. The summed E-state index contributed by atoms with van der Waals surface area (Å²) >= 11 is 0. The molecule has 2 fully saturated rings. The second kappa shape index (κ2) is 9.27. The fraction of sp³-hybridized carbons (Fsp3) is 0.630. The summed E-state index contributed by atoms with van der Waals surface area (Å²) in [6.45, 7) is 9.90. The van der Waals surface area contributed by atoms with Crippen molar-refractivity contribution in [2.45, 2.75) is 89.9 Å². The van der Waals surface area contributed by atoms with E-state index in [1.807, 2.05) is 6.08 Å². The molecule has 0 saturated heterocycles. The van der Waals surface area contributed by atoms with E-state index in [-0.39, 0.29) is 11.3 Å². The molecular weight excluding hydrogens is 372 g/mol. The zero-order chi connectivity index (χ0) is 21.9. The van der Waals surface area contributed by atoms with Gasteiger partial charge in [-0.25, -0.2) is 0 Å². The molecule has 0 amide bonds. The molecule has 0 aromatic rings. The summed E-state index contributed by atoms with van der Waals surface area (Å²) < 4.78 is 0. The zero-order valence-electron chi connectivity index (χ0n) is 18.8. The van der Waals surface area contributed by atoms with Crippen LogP contribution in [-0.2, 0) is 0 Å². The van der Waals surface area contributed by atoms with Crippen LogP contribution in [0.2, 0.25) is 0 Å². The monoisotopic (exact) mass is 410 g/mol. The molecule has 3 rings (SSSR count). The number of rotatable bonds is 4. The molecule has 0 bridgehead atoms. The van der Waals surface area contributed by atoms with Crippen molar-refractivity contribution in [2.75, 3.05) is 0 Å². The molecule has 0 heterocycles. The third-order valence-electron chi connectivity index (χ3n) is 7.08. The van der Waals surface area contributed by atoms with Crippen molar-refractivity contribution >= 4 is 0 Å². The standard InChI is InChI=1S/C27H38O3/c1-5-20(8-6-14-26(2,3)30)24-12-13-25-21(9-7-15-27(24,25)4)11-10-19-16-22(28)18-23(29)17-19/h5,10-12,20,22-23,25,28-30H,1,7-9,13,15-18H2,2-4H3/b21-11+/t20-,22-,23-,25?,27-/m1/s1. The van der Waals surface area contributed by atoms with Gasteiger partial charge in [-0.2, -0.15) is 0 Å². The Balaban J connectivity index is 1.77. The van der Waals surface area contributed by atoms with Crippen molar-refractivity contribution in [2.24, 2.45) is 17.3 Å². The molecule has 3 aliphatic carbocycles. The summed E-state index contributed by atoms with van der Waals surface area (Å²) in [7, 11) is 0. The molecule has 0 aromatic heterocycles. The summed E-state index contributed by atoms with van der Waals surface area (Å²) in [4.78, 5) is 0. The van der Waals surface area contributed by atoms with E-state index in [0.29, 0.717) is 31.6 Å². The van der Waals surface area contributed by atoms with Gasteiger partial charge in [0.2, 0.25) is 0 Å². The van der Waals surface area contributed by atoms with Crippen LogP contribution in [0.25, 0.3) is 0 Å². The van der Waals surface area contributed by atoms with Gasteiger partial charge >= 0.3 is 0 Å². The highest BCUT2D eigenvalue weighted by molar-refractivity contribution is 5.37. The molecule has 2 saturated carbocycles. The Hall–Kier alpha value is -1.60. The van der Waals surface area contributed by atoms with Crippen LogP contribution in [0.1, 0.15) is 72.1 Å². The minimum atomic E-state index is -0.962. The van der Waals surface area contributed by atoms with E-state index in [1.54, 1.807) is 13.8 Å². The van der Waals surface area contributed by atoms with Crippen molar-refractivity contribution in [3.05, 3.63) is 47.6 Å².